The first-order valence-electron chi connectivity index (χ1n) is 11.6. The fourth-order valence-electron chi connectivity index (χ4n) is 5.16. The molecule has 2 aliphatic heterocycles. The van der Waals surface area contributed by atoms with Crippen molar-refractivity contribution >= 4 is 28.6 Å². The third kappa shape index (κ3) is 4.34. The maximum Gasteiger partial charge on any atom is 0.411 e. The van der Waals surface area contributed by atoms with E-state index in [-0.39, 0.29) is 30.7 Å². The number of benzene rings is 1. The number of nitrogens with zero attached hydrogens (tertiary/aromatic N) is 2. The van der Waals surface area contributed by atoms with Gasteiger partial charge in [0.05, 0.1) is 18.2 Å². The second kappa shape index (κ2) is 9.07. The average Bonchev–Trinajstić information content (AvgIpc) is 3.10. The molecule has 2 fully saturated rings. The van der Waals surface area contributed by atoms with Gasteiger partial charge in [-0.3, -0.25) is 9.69 Å². The summed E-state index contributed by atoms with van der Waals surface area (Å²) in [6.45, 7) is 15.6. The Balaban J connectivity index is 1.95. The fourth-order valence-corrected chi connectivity index (χ4v) is 10.1. The Labute approximate surface area is 189 Å². The van der Waals surface area contributed by atoms with E-state index in [1.165, 1.54) is 0 Å². The van der Waals surface area contributed by atoms with E-state index in [0.717, 1.165) is 23.7 Å². The molecule has 31 heavy (non-hydrogen) atoms. The van der Waals surface area contributed by atoms with Gasteiger partial charge in [0.1, 0.15) is 12.6 Å². The zero-order valence-corrected chi connectivity index (χ0v) is 22.1. The van der Waals surface area contributed by atoms with E-state index >= 15 is 0 Å². The Morgan fingerprint density at radius 1 is 1.06 bits per heavy atom. The van der Waals surface area contributed by atoms with Crippen molar-refractivity contribution in [3.8, 4) is 0 Å². The molecule has 6 nitrogen and oxygen atoms in total. The van der Waals surface area contributed by atoms with E-state index in [1.54, 1.807) is 4.90 Å². The van der Waals surface area contributed by atoms with Crippen LogP contribution in [0.3, 0.4) is 0 Å². The van der Waals surface area contributed by atoms with Crippen molar-refractivity contribution < 1.29 is 18.8 Å². The van der Waals surface area contributed by atoms with Crippen LogP contribution in [-0.2, 0) is 14.0 Å². The molecule has 1 aromatic carbocycles. The quantitative estimate of drug-likeness (QED) is 0.382. The van der Waals surface area contributed by atoms with Crippen LogP contribution in [0.1, 0.15) is 39.3 Å². The molecule has 0 spiro atoms. The van der Waals surface area contributed by atoms with Crippen molar-refractivity contribution in [3.63, 3.8) is 0 Å². The molecule has 0 radical (unpaired) electrons. The second-order valence-corrected chi connectivity index (χ2v) is 19.3. The van der Waals surface area contributed by atoms with Gasteiger partial charge in [0.25, 0.3) is 0 Å². The van der Waals surface area contributed by atoms with Gasteiger partial charge in [0.2, 0.25) is 5.91 Å². The number of hydrogen-bond acceptors (Lipinski definition) is 4. The van der Waals surface area contributed by atoms with Gasteiger partial charge in [-0.05, 0) is 30.6 Å². The van der Waals surface area contributed by atoms with E-state index in [9.17, 15) is 9.59 Å². The lowest BCUT2D eigenvalue weighted by Crippen LogP contribution is -2.79. The molecule has 2 aliphatic rings. The first-order valence-corrected chi connectivity index (χ1v) is 17.6. The van der Waals surface area contributed by atoms with Gasteiger partial charge in [-0.25, -0.2) is 4.79 Å². The predicted molar refractivity (Wildman–Crippen MR) is 128 cm³/mol. The first-order chi connectivity index (χ1) is 14.6. The molecule has 8 heteroatoms. The highest BCUT2D eigenvalue weighted by molar-refractivity contribution is 6.76. The smallest absolute Gasteiger partial charge is 0.411 e. The lowest BCUT2D eigenvalue weighted by atomic mass is 9.91. The van der Waals surface area contributed by atoms with Gasteiger partial charge in [0.15, 0.2) is 16.6 Å². The van der Waals surface area contributed by atoms with Crippen LogP contribution in [0.2, 0.25) is 37.8 Å². The monoisotopic (exact) mass is 462 g/mol. The molecular weight excluding hydrogens is 424 g/mol. The van der Waals surface area contributed by atoms with Gasteiger partial charge < -0.3 is 13.7 Å². The number of amides is 2. The molecule has 4 atom stereocenters. The number of cyclic esters (lactones) is 1. The molecule has 2 amide bonds. The number of ether oxygens (including phenoxy) is 1. The van der Waals surface area contributed by atoms with Crippen LogP contribution in [0.15, 0.2) is 30.3 Å². The summed E-state index contributed by atoms with van der Waals surface area (Å²) in [5.74, 6) is 0.0381. The van der Waals surface area contributed by atoms with Crippen LogP contribution < -0.4 is 0 Å². The van der Waals surface area contributed by atoms with Gasteiger partial charge in [0, 0.05) is 0 Å². The number of carbonyl (C=O) groups is 2. The summed E-state index contributed by atoms with van der Waals surface area (Å²) in [5.41, 5.74) is 0.999. The molecule has 0 bridgehead atoms. The standard InChI is InChI=1S/C23H38N2O4Si2/c1-8-31(9-2,10-3)29-17(4)20-21(22(26)25(20)30(5,6)7)24-19(16-28-23(24)27)18-14-12-11-13-15-18/h11-15,17,19-21H,8-10,16H2,1-7H3/t17-,19+,20+,21+/m0/s1. The van der Waals surface area contributed by atoms with Gasteiger partial charge in [-0.1, -0.05) is 70.7 Å². The molecular formula is C23H38N2O4Si2. The van der Waals surface area contributed by atoms with Crippen LogP contribution in [0.25, 0.3) is 0 Å². The van der Waals surface area contributed by atoms with E-state index in [4.69, 9.17) is 9.16 Å². The maximum atomic E-state index is 13.5. The lowest BCUT2D eigenvalue weighted by molar-refractivity contribution is -0.154. The van der Waals surface area contributed by atoms with Gasteiger partial charge in [-0.2, -0.15) is 0 Å². The SMILES string of the molecule is CC[Si](CC)(CC)O[C@@H](C)[C@@H]1[C@@H](N2C(=O)OC[C@@H]2c2ccccc2)C(=O)N1[Si](C)(C)C. The highest BCUT2D eigenvalue weighted by atomic mass is 28.4. The zero-order valence-electron chi connectivity index (χ0n) is 20.1. The van der Waals surface area contributed by atoms with Crippen molar-refractivity contribution in [2.75, 3.05) is 6.61 Å². The zero-order chi connectivity index (χ0) is 23.0. The molecule has 0 N–H and O–H groups in total. The van der Waals surface area contributed by atoms with Gasteiger partial charge >= 0.3 is 6.09 Å². The van der Waals surface area contributed by atoms with E-state index in [1.807, 2.05) is 30.3 Å². The molecule has 0 unspecified atom stereocenters. The summed E-state index contributed by atoms with van der Waals surface area (Å²) >= 11 is 0. The average molecular weight is 463 g/mol. The molecule has 2 saturated heterocycles. The molecule has 3 rings (SSSR count). The molecule has 2 heterocycles. The van der Waals surface area contributed by atoms with Crippen LogP contribution >= 0.6 is 0 Å². The Morgan fingerprint density at radius 3 is 2.16 bits per heavy atom. The lowest BCUT2D eigenvalue weighted by Gasteiger charge is -2.58. The van der Waals surface area contributed by atoms with Gasteiger partial charge in [-0.15, -0.1) is 0 Å². The fraction of sp³-hybridized carbons (Fsp3) is 0.652. The Hall–Kier alpha value is -1.65. The largest absolute Gasteiger partial charge is 0.447 e. The predicted octanol–water partition coefficient (Wildman–Crippen LogP) is 5.00. The third-order valence-corrected chi connectivity index (χ3v) is 13.8. The van der Waals surface area contributed by atoms with E-state index in [0.29, 0.717) is 0 Å². The maximum absolute atomic E-state index is 13.5. The van der Waals surface area contributed by atoms with Crippen LogP contribution in [0.4, 0.5) is 4.79 Å². The van der Waals surface area contributed by atoms with Crippen LogP contribution in [0.5, 0.6) is 0 Å². The number of carbonyl (C=O) groups excluding carboxylic acids is 2. The minimum absolute atomic E-state index is 0.0381. The summed E-state index contributed by atoms with van der Waals surface area (Å²) in [4.78, 5) is 28.0. The molecule has 1 aromatic rings. The topological polar surface area (TPSA) is 59.1 Å². The Bertz CT molecular complexity index is 786. The number of rotatable bonds is 9. The minimum Gasteiger partial charge on any atom is -0.447 e. The van der Waals surface area contributed by atoms with E-state index in [2.05, 4.69) is 51.9 Å². The van der Waals surface area contributed by atoms with Crippen molar-refractivity contribution in [1.82, 2.24) is 9.47 Å². The van der Waals surface area contributed by atoms with Crippen LogP contribution in [0, 0.1) is 0 Å². The van der Waals surface area contributed by atoms with Crippen LogP contribution in [-0.4, -0.2) is 62.8 Å². The summed E-state index contributed by atoms with van der Waals surface area (Å²) in [6, 6.07) is 12.1. The minimum atomic E-state index is -1.94. The van der Waals surface area contributed by atoms with Crippen molar-refractivity contribution in [2.45, 2.75) is 89.7 Å². The molecule has 0 saturated carbocycles. The number of β-lactam (4-membered cyclic amide) rings is 1. The summed E-state index contributed by atoms with van der Waals surface area (Å²) in [6.07, 6.45) is -0.518. The summed E-state index contributed by atoms with van der Waals surface area (Å²) < 4.78 is 14.3. The Morgan fingerprint density at radius 2 is 1.65 bits per heavy atom. The molecule has 0 aliphatic carbocycles. The third-order valence-electron chi connectivity index (χ3n) is 7.08. The first kappa shape index (κ1) is 24.0. The van der Waals surface area contributed by atoms with Crippen molar-refractivity contribution in [3.05, 3.63) is 35.9 Å². The highest BCUT2D eigenvalue weighted by Crippen LogP contribution is 2.41. The van der Waals surface area contributed by atoms with Crippen molar-refractivity contribution in [2.24, 2.45) is 0 Å². The number of hydrogen-bond donors (Lipinski definition) is 0. The summed E-state index contributed by atoms with van der Waals surface area (Å²) in [5, 5.41) is 0. The van der Waals surface area contributed by atoms with E-state index < -0.39 is 28.7 Å². The van der Waals surface area contributed by atoms with Crippen molar-refractivity contribution in [1.29, 1.82) is 0 Å². The Kier molecular flexibility index (Phi) is 7.03. The summed E-state index contributed by atoms with van der Waals surface area (Å²) in [7, 11) is -3.80. The second-order valence-electron chi connectivity index (χ2n) is 9.79. The molecule has 0 aromatic heterocycles. The normalized spacial score (nSPS) is 25.5. The highest BCUT2D eigenvalue weighted by Gasteiger charge is 2.61. The molecule has 172 valence electrons.